The van der Waals surface area contributed by atoms with Gasteiger partial charge in [-0.2, -0.15) is 0 Å². The molecular weight excluding hydrogens is 165 g/mol. The lowest BCUT2D eigenvalue weighted by molar-refractivity contribution is 0.247. The molecule has 0 aromatic heterocycles. The molecule has 13 heavy (non-hydrogen) atoms. The summed E-state index contributed by atoms with van der Waals surface area (Å²) in [5, 5.41) is 0. The molecule has 2 heteroatoms. The van der Waals surface area contributed by atoms with Crippen LogP contribution in [0.2, 0.25) is 0 Å². The Hall–Kier alpha value is -0.630. The van der Waals surface area contributed by atoms with Crippen molar-refractivity contribution >= 4 is 0 Å². The van der Waals surface area contributed by atoms with Gasteiger partial charge >= 0.3 is 0 Å². The van der Waals surface area contributed by atoms with Crippen LogP contribution in [0.3, 0.4) is 0 Å². The molecule has 1 rings (SSSR count). The molecule has 0 aromatic carbocycles. The number of nitrogens with zero attached hydrogens (tertiary/aromatic N) is 1. The Bertz CT molecular complexity index is 218. The Balaban J connectivity index is 2.36. The van der Waals surface area contributed by atoms with Crippen LogP contribution in [-0.4, -0.2) is 24.5 Å². The molecule has 1 aliphatic carbocycles. The summed E-state index contributed by atoms with van der Waals surface area (Å²) < 4.78 is 12.6. The highest BCUT2D eigenvalue weighted by Crippen LogP contribution is 2.18. The fourth-order valence-corrected chi connectivity index (χ4v) is 1.35. The van der Waals surface area contributed by atoms with Crippen LogP contribution in [0.15, 0.2) is 24.1 Å². The summed E-state index contributed by atoms with van der Waals surface area (Å²) in [5.74, 6) is 0.385. The van der Waals surface area contributed by atoms with Crippen molar-refractivity contribution in [3.8, 4) is 0 Å². The topological polar surface area (TPSA) is 3.24 Å². The minimum absolute atomic E-state index is 0.0940. The highest BCUT2D eigenvalue weighted by Gasteiger charge is 2.12. The maximum absolute atomic E-state index is 12.6. The van der Waals surface area contributed by atoms with Gasteiger partial charge in [0.15, 0.2) is 0 Å². The van der Waals surface area contributed by atoms with Gasteiger partial charge in [-0.1, -0.05) is 6.08 Å². The number of rotatable bonds is 3. The molecule has 0 amide bonds. The third kappa shape index (κ3) is 3.31. The van der Waals surface area contributed by atoms with E-state index >= 15 is 0 Å². The van der Waals surface area contributed by atoms with Crippen LogP contribution >= 0.6 is 0 Å². The van der Waals surface area contributed by atoms with Gasteiger partial charge in [0.25, 0.3) is 0 Å². The zero-order valence-electron chi connectivity index (χ0n) is 8.63. The Kier molecular flexibility index (Phi) is 3.67. The molecule has 0 fully saturated rings. The molecule has 0 saturated heterocycles. The first kappa shape index (κ1) is 10.5. The number of allylic oxidation sites excluding steroid dienone is 3. The van der Waals surface area contributed by atoms with E-state index in [0.717, 1.165) is 13.0 Å². The molecule has 1 unspecified atom stereocenters. The largest absolute Gasteiger partial charge is 0.303 e. The van der Waals surface area contributed by atoms with Gasteiger partial charge in [-0.25, -0.2) is 4.39 Å². The van der Waals surface area contributed by atoms with Gasteiger partial charge in [-0.3, -0.25) is 0 Å². The number of halogens is 1. The highest BCUT2D eigenvalue weighted by molar-refractivity contribution is 5.17. The lowest BCUT2D eigenvalue weighted by atomic mass is 9.99. The van der Waals surface area contributed by atoms with Gasteiger partial charge in [-0.05, 0) is 45.4 Å². The molecule has 0 bridgehead atoms. The van der Waals surface area contributed by atoms with Crippen LogP contribution in [0.25, 0.3) is 0 Å². The van der Waals surface area contributed by atoms with Crippen molar-refractivity contribution in [3.63, 3.8) is 0 Å². The van der Waals surface area contributed by atoms with E-state index in [1.807, 2.05) is 6.08 Å². The minimum Gasteiger partial charge on any atom is -0.303 e. The minimum atomic E-state index is -0.0940. The zero-order valence-corrected chi connectivity index (χ0v) is 8.63. The lowest BCUT2D eigenvalue weighted by Gasteiger charge is -2.25. The van der Waals surface area contributed by atoms with Gasteiger partial charge < -0.3 is 4.90 Å². The molecular formula is C11H18FN. The third-order valence-electron chi connectivity index (χ3n) is 2.55. The molecule has 1 aliphatic rings. The van der Waals surface area contributed by atoms with Crippen molar-refractivity contribution in [1.29, 1.82) is 0 Å². The maximum Gasteiger partial charge on any atom is 0.118 e. The van der Waals surface area contributed by atoms with Gasteiger partial charge in [0.1, 0.15) is 5.83 Å². The van der Waals surface area contributed by atoms with E-state index in [1.165, 1.54) is 0 Å². The summed E-state index contributed by atoms with van der Waals surface area (Å²) in [7, 11) is 2.10. The summed E-state index contributed by atoms with van der Waals surface area (Å²) in [5.41, 5.74) is 0. The third-order valence-corrected chi connectivity index (χ3v) is 2.55. The molecule has 0 saturated carbocycles. The van der Waals surface area contributed by atoms with Crippen LogP contribution in [0.1, 0.15) is 20.3 Å². The van der Waals surface area contributed by atoms with Crippen molar-refractivity contribution in [2.45, 2.75) is 26.3 Å². The highest BCUT2D eigenvalue weighted by atomic mass is 19.1. The molecule has 1 nitrogen and oxygen atoms in total. The van der Waals surface area contributed by atoms with Crippen molar-refractivity contribution in [2.75, 3.05) is 13.6 Å². The summed E-state index contributed by atoms with van der Waals surface area (Å²) >= 11 is 0. The average Bonchev–Trinajstić information content (AvgIpc) is 2.08. The van der Waals surface area contributed by atoms with Gasteiger partial charge in [0.2, 0.25) is 0 Å². The second-order valence-electron chi connectivity index (χ2n) is 3.98. The van der Waals surface area contributed by atoms with E-state index < -0.39 is 0 Å². The van der Waals surface area contributed by atoms with E-state index in [9.17, 15) is 4.39 Å². The molecule has 1 atom stereocenters. The zero-order chi connectivity index (χ0) is 9.84. The first-order valence-corrected chi connectivity index (χ1v) is 4.83. The van der Waals surface area contributed by atoms with Crippen LogP contribution in [0, 0.1) is 5.92 Å². The summed E-state index contributed by atoms with van der Waals surface area (Å²) in [4.78, 5) is 2.28. The predicted molar refractivity (Wildman–Crippen MR) is 54.2 cm³/mol. The fraction of sp³-hybridized carbons (Fsp3) is 0.636. The van der Waals surface area contributed by atoms with E-state index in [0.29, 0.717) is 12.0 Å². The van der Waals surface area contributed by atoms with E-state index in [1.54, 1.807) is 12.2 Å². The van der Waals surface area contributed by atoms with Crippen LogP contribution in [-0.2, 0) is 0 Å². The molecule has 0 aromatic rings. The quantitative estimate of drug-likeness (QED) is 0.650. The maximum atomic E-state index is 12.6. The van der Waals surface area contributed by atoms with Crippen LogP contribution in [0.5, 0.6) is 0 Å². The predicted octanol–water partition coefficient (Wildman–Crippen LogP) is 2.76. The molecule has 0 spiro atoms. The second kappa shape index (κ2) is 4.56. The standard InChI is InChI=1S/C11H18FN/c1-9(2)13(3)8-10-4-6-11(12)7-5-10/h4,6-7,9-10H,5,8H2,1-3H3. The smallest absolute Gasteiger partial charge is 0.118 e. The van der Waals surface area contributed by atoms with Crippen LogP contribution in [0.4, 0.5) is 4.39 Å². The second-order valence-corrected chi connectivity index (χ2v) is 3.98. The summed E-state index contributed by atoms with van der Waals surface area (Å²) in [6.07, 6.45) is 6.04. The van der Waals surface area contributed by atoms with Gasteiger partial charge in [0.05, 0.1) is 0 Å². The number of hydrogen-bond donors (Lipinski definition) is 0. The van der Waals surface area contributed by atoms with Gasteiger partial charge in [0, 0.05) is 12.6 Å². The van der Waals surface area contributed by atoms with Gasteiger partial charge in [-0.15, -0.1) is 0 Å². The van der Waals surface area contributed by atoms with Crippen molar-refractivity contribution in [3.05, 3.63) is 24.1 Å². The average molecular weight is 183 g/mol. The molecule has 0 radical (unpaired) electrons. The summed E-state index contributed by atoms with van der Waals surface area (Å²) in [6.45, 7) is 5.35. The normalized spacial score (nSPS) is 22.6. The Morgan fingerprint density at radius 1 is 1.62 bits per heavy atom. The number of hydrogen-bond acceptors (Lipinski definition) is 1. The Labute approximate surface area is 79.9 Å². The first-order valence-electron chi connectivity index (χ1n) is 4.83. The monoisotopic (exact) mass is 183 g/mol. The first-order chi connectivity index (χ1) is 6.09. The Morgan fingerprint density at radius 2 is 2.31 bits per heavy atom. The summed E-state index contributed by atoms with van der Waals surface area (Å²) in [6, 6.07) is 0.559. The lowest BCUT2D eigenvalue weighted by Crippen LogP contribution is -2.31. The fourth-order valence-electron chi connectivity index (χ4n) is 1.35. The van der Waals surface area contributed by atoms with Crippen molar-refractivity contribution in [1.82, 2.24) is 4.90 Å². The van der Waals surface area contributed by atoms with Crippen molar-refractivity contribution in [2.24, 2.45) is 5.92 Å². The van der Waals surface area contributed by atoms with E-state index in [2.05, 4.69) is 25.8 Å². The SMILES string of the molecule is CC(C)N(C)CC1C=CC(F)=CC1. The molecule has 0 N–H and O–H groups in total. The van der Waals surface area contributed by atoms with E-state index in [4.69, 9.17) is 0 Å². The molecule has 74 valence electrons. The van der Waals surface area contributed by atoms with Crippen LogP contribution < -0.4 is 0 Å². The van der Waals surface area contributed by atoms with Crippen molar-refractivity contribution < 1.29 is 4.39 Å². The Morgan fingerprint density at radius 3 is 2.77 bits per heavy atom. The molecule has 0 heterocycles. The van der Waals surface area contributed by atoms with E-state index in [-0.39, 0.29) is 5.83 Å². The molecule has 0 aliphatic heterocycles.